The zero-order valence-corrected chi connectivity index (χ0v) is 10.9. The molecular weight excluding hydrogens is 246 g/mol. The second-order valence-electron chi connectivity index (χ2n) is 4.75. The number of rotatable bonds is 1. The van der Waals surface area contributed by atoms with E-state index in [1.54, 1.807) is 4.90 Å². The normalized spacial score (nSPS) is 26.1. The molecule has 0 bridgehead atoms. The Morgan fingerprint density at radius 1 is 1.16 bits per heavy atom. The number of hydrogen-bond donors (Lipinski definition) is 0. The van der Waals surface area contributed by atoms with Crippen LogP contribution in [-0.2, 0) is 9.53 Å². The first kappa shape index (κ1) is 12.3. The van der Waals surface area contributed by atoms with Crippen LogP contribution in [0.3, 0.4) is 0 Å². The van der Waals surface area contributed by atoms with Crippen LogP contribution in [0.2, 0.25) is 0 Å². The Kier molecular flexibility index (Phi) is 3.29. The van der Waals surface area contributed by atoms with E-state index in [1.807, 2.05) is 31.2 Å². The van der Waals surface area contributed by atoms with Crippen molar-refractivity contribution in [2.75, 3.05) is 26.3 Å². The number of ether oxygens (including phenoxy) is 3. The van der Waals surface area contributed by atoms with Crippen molar-refractivity contribution < 1.29 is 19.0 Å². The molecule has 1 aromatic rings. The highest BCUT2D eigenvalue weighted by atomic mass is 16.6. The highest BCUT2D eigenvalue weighted by Crippen LogP contribution is 2.33. The Balaban J connectivity index is 1.76. The number of carbonyl (C=O) groups is 1. The van der Waals surface area contributed by atoms with Crippen molar-refractivity contribution in [3.05, 3.63) is 24.3 Å². The fourth-order valence-corrected chi connectivity index (χ4v) is 2.35. The first-order valence-corrected chi connectivity index (χ1v) is 6.54. The smallest absolute Gasteiger partial charge is 0.267 e. The van der Waals surface area contributed by atoms with Gasteiger partial charge in [-0.25, -0.2) is 0 Å². The molecule has 5 heteroatoms. The Morgan fingerprint density at radius 3 is 2.47 bits per heavy atom. The van der Waals surface area contributed by atoms with Crippen LogP contribution in [0.15, 0.2) is 24.3 Å². The summed E-state index contributed by atoms with van der Waals surface area (Å²) in [6, 6.07) is 7.43. The number of para-hydroxylation sites is 2. The molecule has 0 unspecified atom stereocenters. The summed E-state index contributed by atoms with van der Waals surface area (Å²) in [5.74, 6) is 1.30. The monoisotopic (exact) mass is 263 g/mol. The van der Waals surface area contributed by atoms with E-state index in [1.165, 1.54) is 0 Å². The van der Waals surface area contributed by atoms with Crippen LogP contribution in [0.4, 0.5) is 0 Å². The summed E-state index contributed by atoms with van der Waals surface area (Å²) in [7, 11) is 0. The third kappa shape index (κ3) is 2.38. The van der Waals surface area contributed by atoms with Gasteiger partial charge in [-0.05, 0) is 19.1 Å². The largest absolute Gasteiger partial charge is 0.482 e. The van der Waals surface area contributed by atoms with Crippen molar-refractivity contribution in [3.63, 3.8) is 0 Å². The van der Waals surface area contributed by atoms with Gasteiger partial charge in [0.15, 0.2) is 11.5 Å². The summed E-state index contributed by atoms with van der Waals surface area (Å²) in [5, 5.41) is 0. The van der Waals surface area contributed by atoms with E-state index in [0.717, 1.165) is 0 Å². The van der Waals surface area contributed by atoms with Crippen LogP contribution < -0.4 is 9.47 Å². The van der Waals surface area contributed by atoms with Gasteiger partial charge in [-0.2, -0.15) is 0 Å². The summed E-state index contributed by atoms with van der Waals surface area (Å²) in [4.78, 5) is 14.2. The van der Waals surface area contributed by atoms with Gasteiger partial charge in [-0.1, -0.05) is 12.1 Å². The van der Waals surface area contributed by atoms with Crippen molar-refractivity contribution in [2.45, 2.75) is 19.1 Å². The molecule has 0 aliphatic carbocycles. The van der Waals surface area contributed by atoms with E-state index < -0.39 is 6.10 Å². The van der Waals surface area contributed by atoms with E-state index in [0.29, 0.717) is 37.8 Å². The van der Waals surface area contributed by atoms with Crippen LogP contribution in [-0.4, -0.2) is 49.3 Å². The minimum absolute atomic E-state index is 0.0229. The fourth-order valence-electron chi connectivity index (χ4n) is 2.35. The topological polar surface area (TPSA) is 48.0 Å². The lowest BCUT2D eigenvalue weighted by atomic mass is 10.1. The van der Waals surface area contributed by atoms with Gasteiger partial charge in [0.1, 0.15) is 6.10 Å². The van der Waals surface area contributed by atoms with E-state index in [2.05, 4.69) is 0 Å². The number of morpholine rings is 1. The van der Waals surface area contributed by atoms with Gasteiger partial charge in [-0.3, -0.25) is 4.79 Å². The average Bonchev–Trinajstić information content (AvgIpc) is 2.47. The van der Waals surface area contributed by atoms with E-state index in [9.17, 15) is 4.79 Å². The van der Waals surface area contributed by atoms with E-state index in [4.69, 9.17) is 14.2 Å². The Hall–Kier alpha value is -1.75. The molecular formula is C14H17NO4. The molecule has 0 aromatic heterocycles. The number of fused-ring (bicyclic) bond motifs is 1. The molecule has 1 saturated heterocycles. The second-order valence-corrected chi connectivity index (χ2v) is 4.75. The number of benzene rings is 1. The third-order valence-corrected chi connectivity index (χ3v) is 3.41. The maximum Gasteiger partial charge on any atom is 0.267 e. The highest BCUT2D eigenvalue weighted by Gasteiger charge is 2.37. The van der Waals surface area contributed by atoms with Gasteiger partial charge >= 0.3 is 0 Å². The minimum atomic E-state index is -0.576. The lowest BCUT2D eigenvalue weighted by molar-refractivity contribution is -0.148. The second kappa shape index (κ2) is 5.09. The van der Waals surface area contributed by atoms with Gasteiger partial charge < -0.3 is 19.1 Å². The molecule has 2 heterocycles. The molecule has 2 aliphatic rings. The summed E-state index contributed by atoms with van der Waals surface area (Å²) in [5.41, 5.74) is 0. The lowest BCUT2D eigenvalue weighted by Crippen LogP contribution is -2.53. The molecule has 1 fully saturated rings. The zero-order chi connectivity index (χ0) is 13.2. The Bertz CT molecular complexity index is 470. The molecule has 19 heavy (non-hydrogen) atoms. The van der Waals surface area contributed by atoms with Crippen molar-refractivity contribution in [3.8, 4) is 11.5 Å². The number of nitrogens with zero attached hydrogens (tertiary/aromatic N) is 1. The number of amides is 1. The van der Waals surface area contributed by atoms with Gasteiger partial charge in [0, 0.05) is 13.1 Å². The molecule has 2 atom stereocenters. The molecule has 0 N–H and O–H groups in total. The molecule has 5 nitrogen and oxygen atoms in total. The van der Waals surface area contributed by atoms with Crippen molar-refractivity contribution >= 4 is 5.91 Å². The first-order chi connectivity index (χ1) is 9.25. The SMILES string of the molecule is C[C@H]1Oc2ccccc2O[C@H]1C(=O)N1CCOCC1. The fraction of sp³-hybridized carbons (Fsp3) is 0.500. The molecule has 0 spiro atoms. The molecule has 1 amide bonds. The maximum atomic E-state index is 12.4. The molecule has 1 aromatic carbocycles. The third-order valence-electron chi connectivity index (χ3n) is 3.41. The summed E-state index contributed by atoms with van der Waals surface area (Å²) >= 11 is 0. The maximum absolute atomic E-state index is 12.4. The van der Waals surface area contributed by atoms with Crippen LogP contribution in [0.1, 0.15) is 6.92 Å². The van der Waals surface area contributed by atoms with Crippen molar-refractivity contribution in [2.24, 2.45) is 0 Å². The van der Waals surface area contributed by atoms with Crippen LogP contribution in [0, 0.1) is 0 Å². The van der Waals surface area contributed by atoms with Crippen LogP contribution in [0.25, 0.3) is 0 Å². The van der Waals surface area contributed by atoms with Gasteiger partial charge in [0.05, 0.1) is 13.2 Å². The summed E-state index contributed by atoms with van der Waals surface area (Å²) < 4.78 is 16.8. The predicted octanol–water partition coefficient (Wildman–Crippen LogP) is 1.07. The standard InChI is InChI=1S/C14H17NO4/c1-10-13(14(16)15-6-8-17-9-7-15)19-12-5-3-2-4-11(12)18-10/h2-5,10,13H,6-9H2,1H3/t10-,13-/m1/s1. The van der Waals surface area contributed by atoms with E-state index >= 15 is 0 Å². The molecule has 0 saturated carbocycles. The van der Waals surface area contributed by atoms with Crippen LogP contribution >= 0.6 is 0 Å². The summed E-state index contributed by atoms with van der Waals surface area (Å²) in [6.45, 7) is 4.27. The molecule has 2 aliphatic heterocycles. The first-order valence-electron chi connectivity index (χ1n) is 6.54. The Morgan fingerprint density at radius 2 is 1.79 bits per heavy atom. The zero-order valence-electron chi connectivity index (χ0n) is 10.9. The highest BCUT2D eigenvalue weighted by molar-refractivity contribution is 5.82. The molecule has 102 valence electrons. The molecule has 0 radical (unpaired) electrons. The minimum Gasteiger partial charge on any atom is -0.482 e. The van der Waals surface area contributed by atoms with Gasteiger partial charge in [0.25, 0.3) is 5.91 Å². The average molecular weight is 263 g/mol. The van der Waals surface area contributed by atoms with Crippen LogP contribution in [0.5, 0.6) is 11.5 Å². The lowest BCUT2D eigenvalue weighted by Gasteiger charge is -2.35. The summed E-state index contributed by atoms with van der Waals surface area (Å²) in [6.07, 6.45) is -0.863. The van der Waals surface area contributed by atoms with Crippen molar-refractivity contribution in [1.82, 2.24) is 4.90 Å². The molecule has 3 rings (SSSR count). The van der Waals surface area contributed by atoms with Gasteiger partial charge in [-0.15, -0.1) is 0 Å². The number of carbonyl (C=O) groups excluding carboxylic acids is 1. The number of hydrogen-bond acceptors (Lipinski definition) is 4. The Labute approximate surface area is 112 Å². The predicted molar refractivity (Wildman–Crippen MR) is 68.3 cm³/mol. The quantitative estimate of drug-likeness (QED) is 0.760. The van der Waals surface area contributed by atoms with Gasteiger partial charge in [0.2, 0.25) is 6.10 Å². The van der Waals surface area contributed by atoms with Crippen molar-refractivity contribution in [1.29, 1.82) is 0 Å². The van der Waals surface area contributed by atoms with E-state index in [-0.39, 0.29) is 12.0 Å².